The van der Waals surface area contributed by atoms with Gasteiger partial charge in [0.1, 0.15) is 0 Å². The number of rotatable bonds is 5. The van der Waals surface area contributed by atoms with Crippen LogP contribution in [0.2, 0.25) is 0 Å². The second kappa shape index (κ2) is 9.44. The molecule has 1 aliphatic heterocycles. The van der Waals surface area contributed by atoms with E-state index in [1.165, 1.54) is 27.8 Å². The fraction of sp³-hybridized carbons (Fsp3) is 0.212. The van der Waals surface area contributed by atoms with Crippen LogP contribution in [-0.4, -0.2) is 25.3 Å². The van der Waals surface area contributed by atoms with Crippen molar-refractivity contribution in [3.8, 4) is 0 Å². The molecule has 3 nitrogen and oxygen atoms in total. The summed E-state index contributed by atoms with van der Waals surface area (Å²) in [6.07, 6.45) is 0.632. The first-order valence-electron chi connectivity index (χ1n) is 13.0. The molecule has 0 bridgehead atoms. The lowest BCUT2D eigenvalue weighted by atomic mass is 9.79. The van der Waals surface area contributed by atoms with Crippen LogP contribution >= 0.6 is 0 Å². The highest BCUT2D eigenvalue weighted by molar-refractivity contribution is 7.89. The Kier molecular flexibility index (Phi) is 6.10. The van der Waals surface area contributed by atoms with E-state index in [2.05, 4.69) is 73.7 Å². The van der Waals surface area contributed by atoms with Crippen LogP contribution in [0, 0.1) is 12.8 Å². The van der Waals surface area contributed by atoms with Crippen molar-refractivity contribution in [1.82, 2.24) is 4.31 Å². The van der Waals surface area contributed by atoms with E-state index in [0.29, 0.717) is 17.9 Å². The summed E-state index contributed by atoms with van der Waals surface area (Å²) in [5.41, 5.74) is 8.46. The molecule has 0 spiro atoms. The van der Waals surface area contributed by atoms with Gasteiger partial charge in [-0.2, -0.15) is 4.31 Å². The SMILES string of the molecule is Cc1ccc(S(=O)(=O)N2C[C@H](C)C3=C(c4ccccc4[C@@H]3c3ccccc3)[C@@H]2Cc2ccccc2)cc1. The quantitative estimate of drug-likeness (QED) is 0.298. The highest BCUT2D eigenvalue weighted by atomic mass is 32.2. The van der Waals surface area contributed by atoms with Crippen LogP contribution in [0.4, 0.5) is 0 Å². The van der Waals surface area contributed by atoms with Crippen LogP contribution in [0.5, 0.6) is 0 Å². The maximum atomic E-state index is 14.2. The van der Waals surface area contributed by atoms with Crippen LogP contribution in [0.3, 0.4) is 0 Å². The van der Waals surface area contributed by atoms with Crippen molar-refractivity contribution in [2.45, 2.75) is 37.1 Å². The highest BCUT2D eigenvalue weighted by Crippen LogP contribution is 2.53. The van der Waals surface area contributed by atoms with Crippen molar-refractivity contribution < 1.29 is 8.42 Å². The monoisotopic (exact) mass is 505 g/mol. The molecule has 0 saturated carbocycles. The maximum absolute atomic E-state index is 14.2. The van der Waals surface area contributed by atoms with Gasteiger partial charge in [0.05, 0.1) is 10.9 Å². The Hall–Kier alpha value is -3.47. The first kappa shape index (κ1) is 23.9. The normalized spacial score (nSPS) is 21.5. The van der Waals surface area contributed by atoms with E-state index >= 15 is 0 Å². The standard InChI is InChI=1S/C33H31NO2S/c1-23-17-19-27(20-18-23)37(35,36)34-22-24(2)31-32(26-13-7-4-8-14-26)28-15-9-10-16-29(28)33(31)30(34)21-25-11-5-3-6-12-25/h3-20,24,30,32H,21-22H2,1-2H3/t24-,30-,32-/m0/s1. The van der Waals surface area contributed by atoms with E-state index in [-0.39, 0.29) is 17.9 Å². The Labute approximate surface area is 220 Å². The van der Waals surface area contributed by atoms with Crippen LogP contribution in [0.25, 0.3) is 5.57 Å². The molecule has 6 rings (SSSR count). The van der Waals surface area contributed by atoms with Gasteiger partial charge in [0.15, 0.2) is 0 Å². The van der Waals surface area contributed by atoms with Gasteiger partial charge in [-0.3, -0.25) is 0 Å². The van der Waals surface area contributed by atoms with Crippen molar-refractivity contribution in [3.63, 3.8) is 0 Å². The first-order chi connectivity index (χ1) is 17.9. The summed E-state index contributed by atoms with van der Waals surface area (Å²) in [5, 5.41) is 0. The van der Waals surface area contributed by atoms with E-state index in [0.717, 1.165) is 11.1 Å². The van der Waals surface area contributed by atoms with Crippen molar-refractivity contribution in [3.05, 3.63) is 143 Å². The summed E-state index contributed by atoms with van der Waals surface area (Å²) in [7, 11) is -3.71. The molecule has 4 aromatic carbocycles. The number of hydrogen-bond acceptors (Lipinski definition) is 2. The lowest BCUT2D eigenvalue weighted by Crippen LogP contribution is -2.48. The number of sulfonamides is 1. The third-order valence-electron chi connectivity index (χ3n) is 7.88. The maximum Gasteiger partial charge on any atom is 0.243 e. The second-order valence-corrected chi connectivity index (χ2v) is 12.2. The van der Waals surface area contributed by atoms with Gasteiger partial charge in [-0.15, -0.1) is 0 Å². The summed E-state index contributed by atoms with van der Waals surface area (Å²) in [6, 6.07) is 36.5. The van der Waals surface area contributed by atoms with Gasteiger partial charge in [-0.05, 0) is 64.8 Å². The van der Waals surface area contributed by atoms with Crippen LogP contribution in [0.1, 0.15) is 40.7 Å². The molecule has 186 valence electrons. The number of aryl methyl sites for hydroxylation is 1. The summed E-state index contributed by atoms with van der Waals surface area (Å²) in [4.78, 5) is 0.360. The number of fused-ring (bicyclic) bond motifs is 2. The smallest absolute Gasteiger partial charge is 0.207 e. The zero-order chi connectivity index (χ0) is 25.6. The third kappa shape index (κ3) is 4.14. The van der Waals surface area contributed by atoms with E-state index in [4.69, 9.17) is 0 Å². The van der Waals surface area contributed by atoms with Crippen molar-refractivity contribution in [1.29, 1.82) is 0 Å². The minimum Gasteiger partial charge on any atom is -0.207 e. The Bertz CT molecular complexity index is 1560. The summed E-state index contributed by atoms with van der Waals surface area (Å²) >= 11 is 0. The largest absolute Gasteiger partial charge is 0.243 e. The van der Waals surface area contributed by atoms with Gasteiger partial charge < -0.3 is 0 Å². The second-order valence-electron chi connectivity index (χ2n) is 10.3. The summed E-state index contributed by atoms with van der Waals surface area (Å²) in [5.74, 6) is 0.227. The lowest BCUT2D eigenvalue weighted by Gasteiger charge is -2.40. The zero-order valence-electron chi connectivity index (χ0n) is 21.2. The van der Waals surface area contributed by atoms with Gasteiger partial charge in [-0.1, -0.05) is 110 Å². The van der Waals surface area contributed by atoms with Gasteiger partial charge in [0.25, 0.3) is 0 Å². The fourth-order valence-corrected chi connectivity index (χ4v) is 7.88. The molecule has 0 N–H and O–H groups in total. The van der Waals surface area contributed by atoms with Gasteiger partial charge in [0.2, 0.25) is 10.0 Å². The molecule has 1 aliphatic carbocycles. The molecule has 3 atom stereocenters. The number of hydrogen-bond donors (Lipinski definition) is 0. The van der Waals surface area contributed by atoms with Crippen molar-refractivity contribution in [2.24, 2.45) is 5.92 Å². The Morgan fingerprint density at radius 2 is 1.41 bits per heavy atom. The van der Waals surface area contributed by atoms with Crippen LogP contribution in [-0.2, 0) is 16.4 Å². The predicted molar refractivity (Wildman–Crippen MR) is 150 cm³/mol. The average molecular weight is 506 g/mol. The molecule has 4 aromatic rings. The van der Waals surface area contributed by atoms with E-state index in [1.807, 2.05) is 37.3 Å². The zero-order valence-corrected chi connectivity index (χ0v) is 22.0. The molecular weight excluding hydrogens is 474 g/mol. The Balaban J connectivity index is 1.56. The third-order valence-corrected chi connectivity index (χ3v) is 9.77. The number of nitrogens with zero attached hydrogens (tertiary/aromatic N) is 1. The molecule has 0 radical (unpaired) electrons. The fourth-order valence-electron chi connectivity index (χ4n) is 6.19. The topological polar surface area (TPSA) is 37.4 Å². The highest BCUT2D eigenvalue weighted by Gasteiger charge is 2.46. The first-order valence-corrected chi connectivity index (χ1v) is 14.4. The molecule has 4 heteroatoms. The van der Waals surface area contributed by atoms with Crippen molar-refractivity contribution in [2.75, 3.05) is 6.54 Å². The summed E-state index contributed by atoms with van der Waals surface area (Å²) in [6.45, 7) is 4.63. The molecule has 0 saturated heterocycles. The average Bonchev–Trinajstić information content (AvgIpc) is 3.27. The molecule has 0 aromatic heterocycles. The van der Waals surface area contributed by atoms with Gasteiger partial charge >= 0.3 is 0 Å². The lowest BCUT2D eigenvalue weighted by molar-refractivity contribution is 0.316. The molecular formula is C33H31NO2S. The molecule has 0 unspecified atom stereocenters. The molecule has 0 amide bonds. The van der Waals surface area contributed by atoms with Gasteiger partial charge in [-0.25, -0.2) is 8.42 Å². The van der Waals surface area contributed by atoms with Gasteiger partial charge in [0, 0.05) is 12.5 Å². The molecule has 37 heavy (non-hydrogen) atoms. The molecule has 2 aliphatic rings. The predicted octanol–water partition coefficient (Wildman–Crippen LogP) is 6.85. The van der Waals surface area contributed by atoms with E-state index in [1.54, 1.807) is 16.4 Å². The summed E-state index contributed by atoms with van der Waals surface area (Å²) < 4.78 is 30.2. The minimum absolute atomic E-state index is 0.0832. The minimum atomic E-state index is -3.71. The van der Waals surface area contributed by atoms with Crippen molar-refractivity contribution >= 4 is 15.6 Å². The number of benzene rings is 4. The van der Waals surface area contributed by atoms with Crippen LogP contribution in [0.15, 0.2) is 120 Å². The van der Waals surface area contributed by atoms with E-state index in [9.17, 15) is 8.42 Å². The Morgan fingerprint density at radius 1 is 0.784 bits per heavy atom. The molecule has 1 heterocycles. The molecule has 0 fully saturated rings. The Morgan fingerprint density at radius 3 is 2.11 bits per heavy atom. The van der Waals surface area contributed by atoms with E-state index < -0.39 is 10.0 Å². The van der Waals surface area contributed by atoms with Crippen LogP contribution < -0.4 is 0 Å².